The van der Waals surface area contributed by atoms with E-state index in [0.29, 0.717) is 0 Å². The van der Waals surface area contributed by atoms with Crippen molar-refractivity contribution in [1.82, 2.24) is 5.32 Å². The minimum atomic E-state index is 0.235. The Hall–Kier alpha value is -0.860. The van der Waals surface area contributed by atoms with Crippen LogP contribution in [0.5, 0.6) is 0 Å². The van der Waals surface area contributed by atoms with Gasteiger partial charge < -0.3 is 10.1 Å². The van der Waals surface area contributed by atoms with Crippen LogP contribution >= 0.6 is 0 Å². The largest absolute Gasteiger partial charge is 0.372 e. The molecule has 1 unspecified atom stereocenters. The molecule has 1 aliphatic rings. The molecule has 0 bridgehead atoms. The van der Waals surface area contributed by atoms with E-state index in [2.05, 4.69) is 36.5 Å². The van der Waals surface area contributed by atoms with Crippen molar-refractivity contribution < 1.29 is 4.74 Å². The molecule has 0 saturated carbocycles. The van der Waals surface area contributed by atoms with Crippen LogP contribution in [-0.2, 0) is 11.2 Å². The minimum absolute atomic E-state index is 0.235. The third kappa shape index (κ3) is 2.80. The minimum Gasteiger partial charge on any atom is -0.372 e. The van der Waals surface area contributed by atoms with Crippen LogP contribution in [0.2, 0.25) is 0 Å². The maximum atomic E-state index is 5.80. The summed E-state index contributed by atoms with van der Waals surface area (Å²) < 4.78 is 5.80. The van der Waals surface area contributed by atoms with Gasteiger partial charge in [-0.25, -0.2) is 0 Å². The molecule has 0 amide bonds. The normalized spacial score (nSPS) is 22.3. The van der Waals surface area contributed by atoms with E-state index >= 15 is 0 Å². The van der Waals surface area contributed by atoms with E-state index in [-0.39, 0.29) is 6.10 Å². The molecule has 1 heterocycles. The number of nitrogens with one attached hydrogen (secondary N) is 1. The van der Waals surface area contributed by atoms with E-state index in [9.17, 15) is 0 Å². The van der Waals surface area contributed by atoms with Crippen LogP contribution < -0.4 is 5.32 Å². The summed E-state index contributed by atoms with van der Waals surface area (Å²) in [5, 5.41) is 3.40. The first kappa shape index (κ1) is 10.7. The maximum absolute atomic E-state index is 5.80. The van der Waals surface area contributed by atoms with Crippen LogP contribution in [0.4, 0.5) is 0 Å². The number of hydrogen-bond acceptors (Lipinski definition) is 2. The van der Waals surface area contributed by atoms with Crippen LogP contribution in [0.25, 0.3) is 0 Å². The fourth-order valence-electron chi connectivity index (χ4n) is 1.90. The number of aryl methyl sites for hydroxylation is 1. The van der Waals surface area contributed by atoms with Gasteiger partial charge in [-0.2, -0.15) is 0 Å². The molecule has 0 aliphatic carbocycles. The Bertz CT molecular complexity index is 286. The van der Waals surface area contributed by atoms with Crippen LogP contribution in [0.1, 0.15) is 30.6 Å². The molecule has 1 saturated heterocycles. The molecular formula is C13H19NO. The van der Waals surface area contributed by atoms with Crippen LogP contribution in [0.15, 0.2) is 24.3 Å². The lowest BCUT2D eigenvalue weighted by Gasteiger charge is -2.15. The van der Waals surface area contributed by atoms with Crippen LogP contribution in [0.3, 0.4) is 0 Å². The van der Waals surface area contributed by atoms with E-state index in [1.807, 2.05) is 0 Å². The Kier molecular flexibility index (Phi) is 3.75. The van der Waals surface area contributed by atoms with Crippen LogP contribution in [-0.4, -0.2) is 19.7 Å². The average molecular weight is 205 g/mol. The van der Waals surface area contributed by atoms with Gasteiger partial charge >= 0.3 is 0 Å². The van der Waals surface area contributed by atoms with Crippen molar-refractivity contribution >= 4 is 0 Å². The molecule has 1 atom stereocenters. The zero-order valence-electron chi connectivity index (χ0n) is 9.33. The van der Waals surface area contributed by atoms with E-state index < -0.39 is 0 Å². The average Bonchev–Trinajstić information content (AvgIpc) is 2.58. The highest BCUT2D eigenvalue weighted by molar-refractivity contribution is 5.24. The van der Waals surface area contributed by atoms with Gasteiger partial charge in [-0.15, -0.1) is 0 Å². The SMILES string of the molecule is CCc1ccc(C2CNCCCO2)cc1. The quantitative estimate of drug-likeness (QED) is 0.800. The number of ether oxygens (including phenoxy) is 1. The fourth-order valence-corrected chi connectivity index (χ4v) is 1.90. The first-order valence-corrected chi connectivity index (χ1v) is 5.81. The summed E-state index contributed by atoms with van der Waals surface area (Å²) in [7, 11) is 0. The first-order chi connectivity index (χ1) is 7.40. The summed E-state index contributed by atoms with van der Waals surface area (Å²) in [6.45, 7) is 5.06. The molecule has 0 spiro atoms. The lowest BCUT2D eigenvalue weighted by molar-refractivity contribution is 0.0669. The molecule has 1 aliphatic heterocycles. The summed E-state index contributed by atoms with van der Waals surface area (Å²) in [5.74, 6) is 0. The molecule has 0 radical (unpaired) electrons. The van der Waals surface area contributed by atoms with Gasteiger partial charge in [0.1, 0.15) is 0 Å². The van der Waals surface area contributed by atoms with Crippen molar-refractivity contribution in [1.29, 1.82) is 0 Å². The fraction of sp³-hybridized carbons (Fsp3) is 0.538. The number of benzene rings is 1. The van der Waals surface area contributed by atoms with Gasteiger partial charge in [-0.1, -0.05) is 31.2 Å². The molecule has 1 fully saturated rings. The first-order valence-electron chi connectivity index (χ1n) is 5.81. The van der Waals surface area contributed by atoms with Crippen molar-refractivity contribution in [2.45, 2.75) is 25.9 Å². The smallest absolute Gasteiger partial charge is 0.0949 e. The van der Waals surface area contributed by atoms with Gasteiger partial charge in [-0.3, -0.25) is 0 Å². The van der Waals surface area contributed by atoms with E-state index in [1.54, 1.807) is 0 Å². The van der Waals surface area contributed by atoms with Gasteiger partial charge in [0.25, 0.3) is 0 Å². The van der Waals surface area contributed by atoms with E-state index in [0.717, 1.165) is 32.5 Å². The van der Waals surface area contributed by atoms with Gasteiger partial charge in [0, 0.05) is 13.2 Å². The second-order valence-electron chi connectivity index (χ2n) is 4.01. The lowest BCUT2D eigenvalue weighted by atomic mass is 10.1. The predicted octanol–water partition coefficient (Wildman–Crippen LogP) is 2.30. The molecular weight excluding hydrogens is 186 g/mol. The van der Waals surface area contributed by atoms with E-state index in [1.165, 1.54) is 11.1 Å². The molecule has 15 heavy (non-hydrogen) atoms. The van der Waals surface area contributed by atoms with Crippen molar-refractivity contribution in [3.05, 3.63) is 35.4 Å². The van der Waals surface area contributed by atoms with Crippen molar-refractivity contribution in [3.8, 4) is 0 Å². The van der Waals surface area contributed by atoms with Gasteiger partial charge in [0.2, 0.25) is 0 Å². The standard InChI is InChI=1S/C13H19NO/c1-2-11-4-6-12(7-5-11)13-10-14-8-3-9-15-13/h4-7,13-14H,2-3,8-10H2,1H3. The maximum Gasteiger partial charge on any atom is 0.0949 e. The Balaban J connectivity index is 2.06. The van der Waals surface area contributed by atoms with E-state index in [4.69, 9.17) is 4.74 Å². The monoisotopic (exact) mass is 205 g/mol. The topological polar surface area (TPSA) is 21.3 Å². The third-order valence-electron chi connectivity index (χ3n) is 2.91. The van der Waals surface area contributed by atoms with Crippen molar-refractivity contribution in [2.24, 2.45) is 0 Å². The Morgan fingerprint density at radius 2 is 2.13 bits per heavy atom. The molecule has 1 aromatic rings. The highest BCUT2D eigenvalue weighted by Gasteiger charge is 2.13. The van der Waals surface area contributed by atoms with Crippen molar-refractivity contribution in [3.63, 3.8) is 0 Å². The van der Waals surface area contributed by atoms with Gasteiger partial charge in [-0.05, 0) is 30.5 Å². The Morgan fingerprint density at radius 1 is 1.33 bits per heavy atom. The van der Waals surface area contributed by atoms with Crippen molar-refractivity contribution in [2.75, 3.05) is 19.7 Å². The molecule has 2 rings (SSSR count). The molecule has 0 aromatic heterocycles. The molecule has 1 aromatic carbocycles. The second-order valence-corrected chi connectivity index (χ2v) is 4.01. The van der Waals surface area contributed by atoms with Gasteiger partial charge in [0.05, 0.1) is 6.10 Å². The third-order valence-corrected chi connectivity index (χ3v) is 2.91. The number of hydrogen-bond donors (Lipinski definition) is 1. The molecule has 2 nitrogen and oxygen atoms in total. The highest BCUT2D eigenvalue weighted by Crippen LogP contribution is 2.19. The van der Waals surface area contributed by atoms with Gasteiger partial charge in [0.15, 0.2) is 0 Å². The summed E-state index contributed by atoms with van der Waals surface area (Å²) in [5.41, 5.74) is 2.68. The summed E-state index contributed by atoms with van der Waals surface area (Å²) in [6.07, 6.45) is 2.45. The zero-order chi connectivity index (χ0) is 10.5. The zero-order valence-corrected chi connectivity index (χ0v) is 9.33. The Morgan fingerprint density at radius 3 is 2.87 bits per heavy atom. The Labute approximate surface area is 91.6 Å². The molecule has 1 N–H and O–H groups in total. The molecule has 2 heteroatoms. The van der Waals surface area contributed by atoms with Crippen LogP contribution in [0, 0.1) is 0 Å². The summed E-state index contributed by atoms with van der Waals surface area (Å²) in [4.78, 5) is 0. The summed E-state index contributed by atoms with van der Waals surface area (Å²) in [6, 6.07) is 8.78. The molecule has 82 valence electrons. The lowest BCUT2D eigenvalue weighted by Crippen LogP contribution is -2.20. The second kappa shape index (κ2) is 5.29. The number of rotatable bonds is 2. The summed E-state index contributed by atoms with van der Waals surface area (Å²) >= 11 is 0. The predicted molar refractivity (Wildman–Crippen MR) is 62.0 cm³/mol. The highest BCUT2D eigenvalue weighted by atomic mass is 16.5.